The van der Waals surface area contributed by atoms with E-state index in [9.17, 15) is 20.0 Å². The standard InChI is InChI=1S/C19H15N3O4S/c23-17-11-14(22(25)26)8-9-16(17)20-19(27)21-18(24)10-13-6-3-5-12-4-1-2-7-15(12)13/h1-9,11,23H,10H2,(H2,20,21,24,27). The highest BCUT2D eigenvalue weighted by Crippen LogP contribution is 2.27. The van der Waals surface area contributed by atoms with E-state index < -0.39 is 4.92 Å². The topological polar surface area (TPSA) is 104 Å². The number of rotatable bonds is 4. The van der Waals surface area contributed by atoms with Gasteiger partial charge in [0.1, 0.15) is 5.75 Å². The van der Waals surface area contributed by atoms with E-state index in [1.807, 2.05) is 42.5 Å². The first-order chi connectivity index (χ1) is 12.9. The Morgan fingerprint density at radius 1 is 1.11 bits per heavy atom. The van der Waals surface area contributed by atoms with Crippen molar-refractivity contribution in [2.75, 3.05) is 5.32 Å². The summed E-state index contributed by atoms with van der Waals surface area (Å²) in [4.78, 5) is 22.4. The highest BCUT2D eigenvalue weighted by atomic mass is 32.1. The molecule has 0 saturated carbocycles. The minimum absolute atomic E-state index is 0.00982. The second-order valence-electron chi connectivity index (χ2n) is 5.78. The van der Waals surface area contributed by atoms with Crippen LogP contribution in [-0.2, 0) is 11.2 Å². The van der Waals surface area contributed by atoms with Crippen LogP contribution >= 0.6 is 12.2 Å². The number of nitro benzene ring substituents is 1. The van der Waals surface area contributed by atoms with Gasteiger partial charge in [-0.05, 0) is 34.6 Å². The summed E-state index contributed by atoms with van der Waals surface area (Å²) in [5, 5.41) is 27.7. The Bertz CT molecular complexity index is 1050. The van der Waals surface area contributed by atoms with Crippen LogP contribution in [0.25, 0.3) is 10.8 Å². The molecule has 0 atom stereocenters. The van der Waals surface area contributed by atoms with Gasteiger partial charge in [-0.3, -0.25) is 14.9 Å². The van der Waals surface area contributed by atoms with Crippen molar-refractivity contribution in [3.05, 3.63) is 76.3 Å². The summed E-state index contributed by atoms with van der Waals surface area (Å²) >= 11 is 5.08. The molecule has 0 aliphatic rings. The van der Waals surface area contributed by atoms with Crippen molar-refractivity contribution >= 4 is 45.4 Å². The van der Waals surface area contributed by atoms with Crippen molar-refractivity contribution in [3.63, 3.8) is 0 Å². The minimum Gasteiger partial charge on any atom is -0.506 e. The number of fused-ring (bicyclic) bond motifs is 1. The number of amides is 1. The molecule has 3 rings (SSSR count). The molecule has 0 bridgehead atoms. The Morgan fingerprint density at radius 3 is 2.59 bits per heavy atom. The molecule has 3 aromatic carbocycles. The number of anilines is 1. The van der Waals surface area contributed by atoms with Crippen LogP contribution in [0.2, 0.25) is 0 Å². The average Bonchev–Trinajstić information content (AvgIpc) is 2.63. The molecule has 3 aromatic rings. The normalized spacial score (nSPS) is 10.4. The Hall–Kier alpha value is -3.52. The highest BCUT2D eigenvalue weighted by molar-refractivity contribution is 7.80. The molecule has 0 aliphatic carbocycles. The van der Waals surface area contributed by atoms with Gasteiger partial charge in [-0.2, -0.15) is 0 Å². The number of hydrogen-bond donors (Lipinski definition) is 3. The molecule has 0 aliphatic heterocycles. The number of nitrogens with one attached hydrogen (secondary N) is 2. The fourth-order valence-electron chi connectivity index (χ4n) is 2.68. The highest BCUT2D eigenvalue weighted by Gasteiger charge is 2.13. The number of carbonyl (C=O) groups excluding carboxylic acids is 1. The number of thiocarbonyl (C=S) groups is 1. The second kappa shape index (κ2) is 7.79. The smallest absolute Gasteiger partial charge is 0.273 e. The van der Waals surface area contributed by atoms with Gasteiger partial charge in [-0.1, -0.05) is 42.5 Å². The molecule has 3 N–H and O–H groups in total. The van der Waals surface area contributed by atoms with Gasteiger partial charge in [-0.25, -0.2) is 0 Å². The van der Waals surface area contributed by atoms with Gasteiger partial charge < -0.3 is 15.7 Å². The summed E-state index contributed by atoms with van der Waals surface area (Å²) in [5.74, 6) is -0.653. The minimum atomic E-state index is -0.617. The Labute approximate surface area is 159 Å². The number of non-ortho nitro benzene ring substituents is 1. The average molecular weight is 381 g/mol. The van der Waals surface area contributed by atoms with Crippen LogP contribution in [0.4, 0.5) is 11.4 Å². The lowest BCUT2D eigenvalue weighted by molar-refractivity contribution is -0.384. The van der Waals surface area contributed by atoms with E-state index in [4.69, 9.17) is 12.2 Å². The van der Waals surface area contributed by atoms with Crippen LogP contribution < -0.4 is 10.6 Å². The van der Waals surface area contributed by atoms with Crippen molar-refractivity contribution in [2.24, 2.45) is 0 Å². The van der Waals surface area contributed by atoms with E-state index >= 15 is 0 Å². The maximum absolute atomic E-state index is 12.3. The Balaban J connectivity index is 1.66. The molecule has 0 aromatic heterocycles. The maximum atomic E-state index is 12.3. The predicted molar refractivity (Wildman–Crippen MR) is 107 cm³/mol. The lowest BCUT2D eigenvalue weighted by Gasteiger charge is -2.11. The van der Waals surface area contributed by atoms with Gasteiger partial charge >= 0.3 is 0 Å². The molecular weight excluding hydrogens is 366 g/mol. The summed E-state index contributed by atoms with van der Waals surface area (Å²) in [6.45, 7) is 0. The molecule has 0 heterocycles. The molecule has 136 valence electrons. The SMILES string of the molecule is O=C(Cc1cccc2ccccc12)NC(=S)Nc1ccc([N+](=O)[O-])cc1O. The third kappa shape index (κ3) is 4.36. The number of hydrogen-bond acceptors (Lipinski definition) is 5. The quantitative estimate of drug-likeness (QED) is 0.276. The third-order valence-electron chi connectivity index (χ3n) is 3.92. The van der Waals surface area contributed by atoms with Crippen molar-refractivity contribution < 1.29 is 14.8 Å². The van der Waals surface area contributed by atoms with Crippen LogP contribution in [0, 0.1) is 10.1 Å². The number of phenolic OH excluding ortho intramolecular Hbond substituents is 1. The fraction of sp³-hybridized carbons (Fsp3) is 0.0526. The summed E-state index contributed by atoms with van der Waals surface area (Å²) in [7, 11) is 0. The molecule has 27 heavy (non-hydrogen) atoms. The van der Waals surface area contributed by atoms with E-state index in [1.54, 1.807) is 0 Å². The monoisotopic (exact) mass is 381 g/mol. The van der Waals surface area contributed by atoms with Crippen molar-refractivity contribution in [1.29, 1.82) is 0 Å². The first kappa shape index (κ1) is 18.3. The van der Waals surface area contributed by atoms with E-state index in [1.165, 1.54) is 12.1 Å². The molecule has 1 amide bonds. The molecular formula is C19H15N3O4S. The van der Waals surface area contributed by atoms with Crippen LogP contribution in [0.5, 0.6) is 5.75 Å². The molecule has 7 nitrogen and oxygen atoms in total. The zero-order valence-electron chi connectivity index (χ0n) is 14.0. The van der Waals surface area contributed by atoms with E-state index in [0.29, 0.717) is 0 Å². The van der Waals surface area contributed by atoms with Crippen molar-refractivity contribution in [3.8, 4) is 5.75 Å². The van der Waals surface area contributed by atoms with Gasteiger partial charge in [0.05, 0.1) is 23.1 Å². The molecule has 0 unspecified atom stereocenters. The second-order valence-corrected chi connectivity index (χ2v) is 6.18. The summed E-state index contributed by atoms with van der Waals surface area (Å²) in [5.41, 5.74) is 0.784. The van der Waals surface area contributed by atoms with Gasteiger partial charge in [0.25, 0.3) is 5.69 Å². The number of phenols is 1. The van der Waals surface area contributed by atoms with Crippen LogP contribution in [0.15, 0.2) is 60.7 Å². The van der Waals surface area contributed by atoms with E-state index in [2.05, 4.69) is 10.6 Å². The van der Waals surface area contributed by atoms with Gasteiger partial charge in [-0.15, -0.1) is 0 Å². The van der Waals surface area contributed by atoms with Crippen LogP contribution in [0.3, 0.4) is 0 Å². The summed E-state index contributed by atoms with van der Waals surface area (Å²) in [6, 6.07) is 17.0. The molecule has 0 radical (unpaired) electrons. The Morgan fingerprint density at radius 2 is 1.85 bits per heavy atom. The lowest BCUT2D eigenvalue weighted by atomic mass is 10.0. The van der Waals surface area contributed by atoms with Crippen molar-refractivity contribution in [1.82, 2.24) is 5.32 Å². The number of nitro groups is 1. The zero-order chi connectivity index (χ0) is 19.4. The van der Waals surface area contributed by atoms with E-state index in [0.717, 1.165) is 22.4 Å². The third-order valence-corrected chi connectivity index (χ3v) is 4.13. The zero-order valence-corrected chi connectivity index (χ0v) is 14.8. The summed E-state index contributed by atoms with van der Waals surface area (Å²) < 4.78 is 0. The first-order valence-corrected chi connectivity index (χ1v) is 8.40. The largest absolute Gasteiger partial charge is 0.506 e. The molecule has 0 fully saturated rings. The number of aromatic hydroxyl groups is 1. The Kier molecular flexibility index (Phi) is 5.28. The predicted octanol–water partition coefficient (Wildman–Crippen LogP) is 3.51. The van der Waals surface area contributed by atoms with Crippen LogP contribution in [0.1, 0.15) is 5.56 Å². The molecule has 0 saturated heterocycles. The fourth-order valence-corrected chi connectivity index (χ4v) is 2.91. The lowest BCUT2D eigenvalue weighted by Crippen LogP contribution is -2.35. The van der Waals surface area contributed by atoms with Gasteiger partial charge in [0, 0.05) is 6.07 Å². The van der Waals surface area contributed by atoms with Gasteiger partial charge in [0.15, 0.2) is 5.11 Å². The number of nitrogens with zero attached hydrogens (tertiary/aromatic N) is 1. The number of carbonyl (C=O) groups is 1. The van der Waals surface area contributed by atoms with Crippen LogP contribution in [-0.4, -0.2) is 21.0 Å². The first-order valence-electron chi connectivity index (χ1n) is 7.99. The maximum Gasteiger partial charge on any atom is 0.273 e. The van der Waals surface area contributed by atoms with Gasteiger partial charge in [0.2, 0.25) is 5.91 Å². The van der Waals surface area contributed by atoms with E-state index in [-0.39, 0.29) is 34.6 Å². The number of benzene rings is 3. The summed E-state index contributed by atoms with van der Waals surface area (Å²) in [6.07, 6.45) is 0.134. The van der Waals surface area contributed by atoms with Crippen molar-refractivity contribution in [2.45, 2.75) is 6.42 Å². The molecule has 8 heteroatoms. The molecule has 0 spiro atoms.